The number of ketones is 1. The lowest BCUT2D eigenvalue weighted by Gasteiger charge is -2.13. The molecule has 0 radical (unpaired) electrons. The van der Waals surface area contributed by atoms with Gasteiger partial charge in [-0.05, 0) is 13.0 Å². The van der Waals surface area contributed by atoms with Gasteiger partial charge in [0.1, 0.15) is 6.17 Å². The lowest BCUT2D eigenvalue weighted by atomic mass is 9.97. The van der Waals surface area contributed by atoms with Crippen LogP contribution in [-0.4, -0.2) is 43.9 Å². The minimum atomic E-state index is -1.71. The first-order valence-electron chi connectivity index (χ1n) is 7.41. The average Bonchev–Trinajstić information content (AvgIpc) is 3.27. The fourth-order valence-electron chi connectivity index (χ4n) is 2.08. The highest BCUT2D eigenvalue weighted by Crippen LogP contribution is 2.30. The van der Waals surface area contributed by atoms with Crippen LogP contribution >= 0.6 is 0 Å². The largest absolute Gasteiger partial charge is 0.491 e. The van der Waals surface area contributed by atoms with Gasteiger partial charge >= 0.3 is 5.97 Å². The second-order valence-corrected chi connectivity index (χ2v) is 5.28. The zero-order valence-electron chi connectivity index (χ0n) is 13.4. The molecule has 1 fully saturated rings. The number of hydrogen-bond donors (Lipinski definition) is 0. The van der Waals surface area contributed by atoms with Gasteiger partial charge in [-0.3, -0.25) is 14.6 Å². The summed E-state index contributed by atoms with van der Waals surface area (Å²) >= 11 is 0. The Hall–Kier alpha value is -2.45. The molecule has 1 unspecified atom stereocenters. The van der Waals surface area contributed by atoms with E-state index in [1.165, 1.54) is 6.92 Å². The molecule has 2 rings (SSSR count). The maximum Gasteiger partial charge on any atom is 0.322 e. The zero-order valence-corrected chi connectivity index (χ0v) is 13.4. The van der Waals surface area contributed by atoms with Crippen molar-refractivity contribution < 1.29 is 36.6 Å². The molecule has 25 heavy (non-hydrogen) atoms. The average molecular weight is 361 g/mol. The van der Waals surface area contributed by atoms with Crippen molar-refractivity contribution in [3.05, 3.63) is 29.1 Å². The zero-order chi connectivity index (χ0) is 18.7. The van der Waals surface area contributed by atoms with E-state index >= 15 is 0 Å². The van der Waals surface area contributed by atoms with Gasteiger partial charge in [0.15, 0.2) is 29.1 Å². The van der Waals surface area contributed by atoms with Crippen LogP contribution in [0.2, 0.25) is 0 Å². The molecular formula is C16H15F4NO4. The van der Waals surface area contributed by atoms with Crippen LogP contribution < -0.4 is 4.74 Å². The van der Waals surface area contributed by atoms with E-state index in [-0.39, 0.29) is 13.0 Å². The van der Waals surface area contributed by atoms with E-state index in [0.29, 0.717) is 6.07 Å². The van der Waals surface area contributed by atoms with E-state index in [4.69, 9.17) is 4.74 Å². The minimum Gasteiger partial charge on any atom is -0.491 e. The third-order valence-electron chi connectivity index (χ3n) is 3.52. The minimum absolute atomic E-state index is 0.0742. The molecule has 9 heteroatoms. The summed E-state index contributed by atoms with van der Waals surface area (Å²) in [5, 5.41) is 0. The highest BCUT2D eigenvalue weighted by atomic mass is 19.2. The number of halogens is 4. The van der Waals surface area contributed by atoms with Crippen molar-refractivity contribution in [1.82, 2.24) is 0 Å². The van der Waals surface area contributed by atoms with E-state index < -0.39 is 58.6 Å². The summed E-state index contributed by atoms with van der Waals surface area (Å²) in [6.45, 7) is 1.41. The van der Waals surface area contributed by atoms with Crippen LogP contribution in [0.25, 0.3) is 0 Å². The van der Waals surface area contributed by atoms with Gasteiger partial charge in [0.2, 0.25) is 5.82 Å². The number of esters is 1. The first kappa shape index (κ1) is 18.9. The molecule has 3 atom stereocenters. The Morgan fingerprint density at radius 1 is 1.36 bits per heavy atom. The molecule has 136 valence electrons. The van der Waals surface area contributed by atoms with Crippen molar-refractivity contribution >= 4 is 18.0 Å². The number of ether oxygens (including phenoxy) is 2. The van der Waals surface area contributed by atoms with Crippen LogP contribution in [0.15, 0.2) is 11.1 Å². The molecule has 0 heterocycles. The number of alkyl halides is 1. The SMILES string of the molecule is CCOC(=O)C(C=N[C@H]1C[C@H]1F)C(=O)c1cc(F)c(F)c(OC)c1F. The Labute approximate surface area is 140 Å². The topological polar surface area (TPSA) is 65.0 Å². The van der Waals surface area contributed by atoms with Gasteiger partial charge in [0.05, 0.1) is 25.3 Å². The fourth-order valence-corrected chi connectivity index (χ4v) is 2.08. The van der Waals surface area contributed by atoms with Crippen LogP contribution in [0.1, 0.15) is 23.7 Å². The maximum atomic E-state index is 14.2. The Kier molecular flexibility index (Phi) is 5.76. The van der Waals surface area contributed by atoms with Gasteiger partial charge in [0.25, 0.3) is 0 Å². The molecule has 0 aliphatic heterocycles. The molecule has 0 amide bonds. The van der Waals surface area contributed by atoms with Gasteiger partial charge in [-0.25, -0.2) is 13.2 Å². The van der Waals surface area contributed by atoms with E-state index in [9.17, 15) is 27.2 Å². The second kappa shape index (κ2) is 7.62. The van der Waals surface area contributed by atoms with Crippen molar-refractivity contribution in [1.29, 1.82) is 0 Å². The normalized spacial score (nSPS) is 20.4. The first-order valence-corrected chi connectivity index (χ1v) is 7.41. The third-order valence-corrected chi connectivity index (χ3v) is 3.52. The highest BCUT2D eigenvalue weighted by Gasteiger charge is 2.38. The number of carbonyl (C=O) groups is 2. The predicted molar refractivity (Wildman–Crippen MR) is 79.1 cm³/mol. The number of Topliss-reactive ketones (excluding diaryl/α,β-unsaturated/α-hetero) is 1. The number of rotatable bonds is 7. The highest BCUT2D eigenvalue weighted by molar-refractivity contribution is 6.18. The summed E-state index contributed by atoms with van der Waals surface area (Å²) in [6, 6.07) is -0.362. The summed E-state index contributed by atoms with van der Waals surface area (Å²) < 4.78 is 63.3. The van der Waals surface area contributed by atoms with Gasteiger partial charge in [-0.2, -0.15) is 4.39 Å². The predicted octanol–water partition coefficient (Wildman–Crippen LogP) is 2.66. The number of methoxy groups -OCH3 is 1. The van der Waals surface area contributed by atoms with Crippen LogP contribution in [0.3, 0.4) is 0 Å². The number of carbonyl (C=O) groups excluding carboxylic acids is 2. The second-order valence-electron chi connectivity index (χ2n) is 5.28. The van der Waals surface area contributed by atoms with Crippen molar-refractivity contribution in [3.63, 3.8) is 0 Å². The van der Waals surface area contributed by atoms with Crippen molar-refractivity contribution in [2.75, 3.05) is 13.7 Å². The molecule has 0 saturated heterocycles. The summed E-state index contributed by atoms with van der Waals surface area (Å²) in [7, 11) is 0.897. The lowest BCUT2D eigenvalue weighted by molar-refractivity contribution is -0.143. The number of aliphatic imine (C=N–C) groups is 1. The molecule has 1 aromatic carbocycles. The summed E-state index contributed by atoms with van der Waals surface area (Å²) in [5.74, 6) is -9.64. The van der Waals surface area contributed by atoms with Crippen LogP contribution in [-0.2, 0) is 9.53 Å². The maximum absolute atomic E-state index is 14.2. The summed E-state index contributed by atoms with van der Waals surface area (Å²) in [6.07, 6.45) is -0.181. The smallest absolute Gasteiger partial charge is 0.322 e. The monoisotopic (exact) mass is 361 g/mol. The van der Waals surface area contributed by atoms with Gasteiger partial charge in [-0.15, -0.1) is 0 Å². The Morgan fingerprint density at radius 3 is 2.52 bits per heavy atom. The Bertz CT molecular complexity index is 723. The molecule has 5 nitrogen and oxygen atoms in total. The number of hydrogen-bond acceptors (Lipinski definition) is 5. The quantitative estimate of drug-likeness (QED) is 0.187. The number of nitrogens with zero attached hydrogens (tertiary/aromatic N) is 1. The fraction of sp³-hybridized carbons (Fsp3) is 0.438. The molecule has 0 bridgehead atoms. The Morgan fingerprint density at radius 2 is 2.00 bits per heavy atom. The Balaban J connectivity index is 2.40. The van der Waals surface area contributed by atoms with Crippen LogP contribution in [0.5, 0.6) is 5.75 Å². The molecule has 0 spiro atoms. The van der Waals surface area contributed by atoms with E-state index in [1.54, 1.807) is 0 Å². The van der Waals surface area contributed by atoms with Gasteiger partial charge < -0.3 is 9.47 Å². The van der Waals surface area contributed by atoms with E-state index in [1.807, 2.05) is 0 Å². The molecule has 1 aliphatic carbocycles. The van der Waals surface area contributed by atoms with Crippen LogP contribution in [0.4, 0.5) is 17.6 Å². The molecule has 1 saturated carbocycles. The molecular weight excluding hydrogens is 346 g/mol. The van der Waals surface area contributed by atoms with Crippen LogP contribution in [0, 0.1) is 23.4 Å². The summed E-state index contributed by atoms with van der Waals surface area (Å²) in [4.78, 5) is 28.1. The lowest BCUT2D eigenvalue weighted by Crippen LogP contribution is -2.29. The molecule has 0 aromatic heterocycles. The van der Waals surface area contributed by atoms with Crippen molar-refractivity contribution in [2.45, 2.75) is 25.6 Å². The van der Waals surface area contributed by atoms with Gasteiger partial charge in [0, 0.05) is 12.6 Å². The molecule has 1 aliphatic rings. The van der Waals surface area contributed by atoms with Crippen molar-refractivity contribution in [2.24, 2.45) is 10.9 Å². The molecule has 1 aromatic rings. The molecule has 0 N–H and O–H groups in total. The van der Waals surface area contributed by atoms with Gasteiger partial charge in [-0.1, -0.05) is 0 Å². The van der Waals surface area contributed by atoms with E-state index in [2.05, 4.69) is 9.73 Å². The van der Waals surface area contributed by atoms with E-state index in [0.717, 1.165) is 13.3 Å². The number of benzene rings is 1. The third kappa shape index (κ3) is 3.97. The standard InChI is InChI=1S/C16H15F4NO4/c1-3-25-16(23)8(6-21-11-5-9(11)17)14(22)7-4-10(18)13(20)15(24-2)12(7)19/h4,6,8-9,11H,3,5H2,1-2H3/t8?,9-,11+/m1/s1. The van der Waals surface area contributed by atoms with Crippen molar-refractivity contribution in [3.8, 4) is 5.75 Å². The summed E-state index contributed by atoms with van der Waals surface area (Å²) in [5.41, 5.74) is -0.896. The first-order chi connectivity index (χ1) is 11.8.